The van der Waals surface area contributed by atoms with E-state index in [1.807, 2.05) is 0 Å². The quantitative estimate of drug-likeness (QED) is 0.783. The minimum absolute atomic E-state index is 0.157. The molecule has 0 radical (unpaired) electrons. The van der Waals surface area contributed by atoms with Gasteiger partial charge in [0.2, 0.25) is 0 Å². The van der Waals surface area contributed by atoms with Crippen LogP contribution in [0.3, 0.4) is 0 Å². The second kappa shape index (κ2) is 5.29. The molecule has 4 nitrogen and oxygen atoms in total. The van der Waals surface area contributed by atoms with Gasteiger partial charge in [-0.1, -0.05) is 18.1 Å². The Morgan fingerprint density at radius 3 is 2.84 bits per heavy atom. The minimum Gasteiger partial charge on any atom is -0.383 e. The zero-order valence-corrected chi connectivity index (χ0v) is 10.4. The maximum Gasteiger partial charge on any atom is 0.318 e. The first kappa shape index (κ1) is 13.4. The van der Waals surface area contributed by atoms with Crippen LogP contribution in [0.5, 0.6) is 0 Å². The van der Waals surface area contributed by atoms with Crippen molar-refractivity contribution in [1.29, 1.82) is 0 Å². The number of rotatable bonds is 2. The molecule has 1 saturated heterocycles. The van der Waals surface area contributed by atoms with E-state index in [4.69, 9.17) is 6.42 Å². The van der Waals surface area contributed by atoms with Gasteiger partial charge >= 0.3 is 6.03 Å². The van der Waals surface area contributed by atoms with Gasteiger partial charge in [0.1, 0.15) is 11.4 Å². The van der Waals surface area contributed by atoms with Crippen molar-refractivity contribution in [3.63, 3.8) is 0 Å². The van der Waals surface area contributed by atoms with Gasteiger partial charge in [0.15, 0.2) is 0 Å². The number of carbonyl (C=O) groups is 1. The van der Waals surface area contributed by atoms with Crippen LogP contribution in [-0.4, -0.2) is 35.7 Å². The molecule has 2 rings (SSSR count). The molecule has 1 fully saturated rings. The van der Waals surface area contributed by atoms with E-state index in [0.717, 1.165) is 0 Å². The van der Waals surface area contributed by atoms with Crippen molar-refractivity contribution in [2.45, 2.75) is 12.0 Å². The van der Waals surface area contributed by atoms with Gasteiger partial charge in [0.25, 0.3) is 0 Å². The van der Waals surface area contributed by atoms with Gasteiger partial charge in [0.05, 0.1) is 13.1 Å². The Hall–Kier alpha value is -2.06. The molecule has 100 valence electrons. The Labute approximate surface area is 111 Å². The molecule has 1 aromatic rings. The van der Waals surface area contributed by atoms with Crippen LogP contribution >= 0.6 is 0 Å². The Bertz CT molecular complexity index is 509. The smallest absolute Gasteiger partial charge is 0.318 e. The third-order valence-electron chi connectivity index (χ3n) is 3.26. The number of hydrogen-bond acceptors (Lipinski definition) is 2. The molecule has 0 saturated carbocycles. The lowest BCUT2D eigenvalue weighted by Crippen LogP contribution is -2.40. The van der Waals surface area contributed by atoms with Gasteiger partial charge in [-0.15, -0.1) is 6.42 Å². The van der Waals surface area contributed by atoms with Crippen molar-refractivity contribution in [2.75, 3.05) is 19.6 Å². The zero-order chi connectivity index (χ0) is 13.9. The number of benzene rings is 1. The molecule has 0 bridgehead atoms. The number of nitrogens with one attached hydrogen (secondary N) is 1. The lowest BCUT2D eigenvalue weighted by Gasteiger charge is -2.24. The van der Waals surface area contributed by atoms with Gasteiger partial charge in [-0.2, -0.15) is 0 Å². The highest BCUT2D eigenvalue weighted by Gasteiger charge is 2.39. The lowest BCUT2D eigenvalue weighted by atomic mass is 9.93. The van der Waals surface area contributed by atoms with Crippen LogP contribution in [0.2, 0.25) is 0 Å². The largest absolute Gasteiger partial charge is 0.383 e. The molecule has 0 aliphatic carbocycles. The van der Waals surface area contributed by atoms with Crippen LogP contribution in [0.15, 0.2) is 24.3 Å². The Morgan fingerprint density at radius 1 is 1.53 bits per heavy atom. The van der Waals surface area contributed by atoms with Gasteiger partial charge < -0.3 is 15.3 Å². The predicted octanol–water partition coefficient (Wildman–Crippen LogP) is 1.06. The van der Waals surface area contributed by atoms with Crippen molar-refractivity contribution in [3.8, 4) is 12.3 Å². The maximum atomic E-state index is 12.9. The normalized spacial score (nSPS) is 22.1. The summed E-state index contributed by atoms with van der Waals surface area (Å²) in [4.78, 5) is 13.2. The van der Waals surface area contributed by atoms with Gasteiger partial charge in [-0.3, -0.25) is 0 Å². The van der Waals surface area contributed by atoms with Crippen molar-refractivity contribution in [2.24, 2.45) is 0 Å². The summed E-state index contributed by atoms with van der Waals surface area (Å²) in [5.41, 5.74) is -0.512. The predicted molar refractivity (Wildman–Crippen MR) is 68.7 cm³/mol. The van der Waals surface area contributed by atoms with E-state index in [0.29, 0.717) is 18.5 Å². The fraction of sp³-hybridized carbons (Fsp3) is 0.357. The summed E-state index contributed by atoms with van der Waals surface area (Å²) in [6.07, 6.45) is 5.48. The highest BCUT2D eigenvalue weighted by Crippen LogP contribution is 2.31. The van der Waals surface area contributed by atoms with Crippen molar-refractivity contribution < 1.29 is 14.3 Å². The molecule has 5 heteroatoms. The van der Waals surface area contributed by atoms with Crippen LogP contribution < -0.4 is 5.32 Å². The van der Waals surface area contributed by atoms with E-state index >= 15 is 0 Å². The van der Waals surface area contributed by atoms with E-state index < -0.39 is 5.60 Å². The van der Waals surface area contributed by atoms with Crippen molar-refractivity contribution in [3.05, 3.63) is 35.6 Å². The first-order valence-electron chi connectivity index (χ1n) is 6.00. The first-order valence-corrected chi connectivity index (χ1v) is 6.00. The van der Waals surface area contributed by atoms with Crippen LogP contribution in [0.4, 0.5) is 9.18 Å². The summed E-state index contributed by atoms with van der Waals surface area (Å²) in [5, 5.41) is 13.1. The average Bonchev–Trinajstić information content (AvgIpc) is 2.80. The summed E-state index contributed by atoms with van der Waals surface area (Å²) in [5.74, 6) is 1.97. The summed E-state index contributed by atoms with van der Waals surface area (Å²) in [6.45, 7) is 0.767. The van der Waals surface area contributed by atoms with Crippen LogP contribution in [0.1, 0.15) is 12.0 Å². The number of urea groups is 1. The minimum atomic E-state index is -1.12. The number of carbonyl (C=O) groups excluding carboxylic acids is 1. The van der Waals surface area contributed by atoms with E-state index in [2.05, 4.69) is 11.2 Å². The molecule has 1 atom stereocenters. The fourth-order valence-corrected chi connectivity index (χ4v) is 2.20. The number of halogens is 1. The second-order valence-corrected chi connectivity index (χ2v) is 4.57. The highest BCUT2D eigenvalue weighted by molar-refractivity contribution is 5.75. The van der Waals surface area contributed by atoms with Crippen LogP contribution in [0, 0.1) is 18.2 Å². The van der Waals surface area contributed by atoms with Crippen LogP contribution in [0.25, 0.3) is 0 Å². The number of hydrogen-bond donors (Lipinski definition) is 2. The molecule has 1 aliphatic rings. The van der Waals surface area contributed by atoms with E-state index in [1.165, 1.54) is 29.2 Å². The Balaban J connectivity index is 2.06. The molecule has 0 spiro atoms. The van der Waals surface area contributed by atoms with Crippen molar-refractivity contribution >= 4 is 6.03 Å². The molecular weight excluding hydrogens is 247 g/mol. The van der Waals surface area contributed by atoms with Gasteiger partial charge in [-0.25, -0.2) is 9.18 Å². The maximum absolute atomic E-state index is 12.9. The third kappa shape index (κ3) is 2.85. The number of amides is 2. The Morgan fingerprint density at radius 2 is 2.21 bits per heavy atom. The van der Waals surface area contributed by atoms with Gasteiger partial charge in [-0.05, 0) is 24.1 Å². The summed E-state index contributed by atoms with van der Waals surface area (Å²) < 4.78 is 12.9. The van der Waals surface area contributed by atoms with Crippen molar-refractivity contribution in [1.82, 2.24) is 10.2 Å². The molecule has 0 unspecified atom stereocenters. The number of nitrogens with zero attached hydrogens (tertiary/aromatic N) is 1. The van der Waals surface area contributed by atoms with E-state index in [9.17, 15) is 14.3 Å². The summed E-state index contributed by atoms with van der Waals surface area (Å²) in [7, 11) is 0. The molecule has 0 aromatic heterocycles. The number of likely N-dealkylation sites (tertiary alicyclic amines) is 1. The Kier molecular flexibility index (Phi) is 3.72. The SMILES string of the molecule is C#CCNC(=O)N1CC[C@@](O)(c2ccc(F)cc2)C1. The molecule has 1 aromatic carbocycles. The molecular formula is C14H15FN2O2. The number of terminal acetylenes is 1. The highest BCUT2D eigenvalue weighted by atomic mass is 19.1. The van der Waals surface area contributed by atoms with Crippen LogP contribution in [-0.2, 0) is 5.60 Å². The first-order chi connectivity index (χ1) is 9.05. The lowest BCUT2D eigenvalue weighted by molar-refractivity contribution is 0.0494. The average molecular weight is 262 g/mol. The zero-order valence-electron chi connectivity index (χ0n) is 10.4. The summed E-state index contributed by atoms with van der Waals surface area (Å²) in [6, 6.07) is 5.38. The molecule has 1 heterocycles. The topological polar surface area (TPSA) is 52.6 Å². The number of β-amino-alcohol motifs (C(OH)–C–C–N with tert-alkyl or cyclic N) is 1. The monoisotopic (exact) mass is 262 g/mol. The van der Waals surface area contributed by atoms with E-state index in [1.54, 1.807) is 0 Å². The fourth-order valence-electron chi connectivity index (χ4n) is 2.20. The molecule has 2 N–H and O–H groups in total. The second-order valence-electron chi connectivity index (χ2n) is 4.57. The molecule has 1 aliphatic heterocycles. The molecule has 19 heavy (non-hydrogen) atoms. The molecule has 2 amide bonds. The summed E-state index contributed by atoms with van der Waals surface area (Å²) >= 11 is 0. The standard InChI is InChI=1S/C14H15FN2O2/c1-2-8-16-13(18)17-9-7-14(19,10-17)11-3-5-12(15)6-4-11/h1,3-6,19H,7-10H2,(H,16,18)/t14-/m0/s1. The third-order valence-corrected chi connectivity index (χ3v) is 3.26. The van der Waals surface area contributed by atoms with E-state index in [-0.39, 0.29) is 24.9 Å². The number of aliphatic hydroxyl groups is 1. The van der Waals surface area contributed by atoms with Gasteiger partial charge in [0, 0.05) is 6.54 Å².